The fourth-order valence-corrected chi connectivity index (χ4v) is 1.17. The number of hydrogen-bond donors (Lipinski definition) is 1. The topological polar surface area (TPSA) is 66.9 Å². The molecule has 1 aromatic carbocycles. The summed E-state index contributed by atoms with van der Waals surface area (Å²) >= 11 is 0. The molecule has 0 aliphatic carbocycles. The van der Waals surface area contributed by atoms with Crippen molar-refractivity contribution >= 4 is 5.91 Å². The van der Waals surface area contributed by atoms with Gasteiger partial charge in [-0.05, 0) is 5.56 Å². The fourth-order valence-electron chi connectivity index (χ4n) is 1.17. The smallest absolute Gasteiger partial charge is 0.228 e. The molecule has 1 aromatic rings. The number of primary amides is 1. The van der Waals surface area contributed by atoms with E-state index in [1.165, 1.54) is 12.2 Å². The molecular formula is C11H10N2O. The van der Waals surface area contributed by atoms with E-state index < -0.39 is 11.8 Å². The van der Waals surface area contributed by atoms with Crippen molar-refractivity contribution in [2.75, 3.05) is 0 Å². The molecule has 0 saturated heterocycles. The van der Waals surface area contributed by atoms with Crippen LogP contribution >= 0.6 is 0 Å². The van der Waals surface area contributed by atoms with Gasteiger partial charge in [0.15, 0.2) is 0 Å². The second-order valence-electron chi connectivity index (χ2n) is 2.78. The highest BCUT2D eigenvalue weighted by Gasteiger charge is 2.13. The molecule has 0 aromatic heterocycles. The van der Waals surface area contributed by atoms with Crippen LogP contribution in [0.5, 0.6) is 0 Å². The van der Waals surface area contributed by atoms with E-state index in [9.17, 15) is 4.79 Å². The number of nitriles is 1. The molecule has 1 amide bonds. The third-order valence-corrected chi connectivity index (χ3v) is 1.83. The van der Waals surface area contributed by atoms with Gasteiger partial charge < -0.3 is 5.73 Å². The van der Waals surface area contributed by atoms with E-state index in [0.29, 0.717) is 0 Å². The van der Waals surface area contributed by atoms with Crippen LogP contribution in [0.25, 0.3) is 0 Å². The molecule has 3 nitrogen and oxygen atoms in total. The Labute approximate surface area is 82.5 Å². The number of nitrogens with two attached hydrogens (primary N) is 1. The molecule has 0 radical (unpaired) electrons. The van der Waals surface area contributed by atoms with Crippen molar-refractivity contribution in [3.8, 4) is 6.07 Å². The Morgan fingerprint density at radius 1 is 1.43 bits per heavy atom. The van der Waals surface area contributed by atoms with Crippen molar-refractivity contribution in [1.29, 1.82) is 5.26 Å². The van der Waals surface area contributed by atoms with Gasteiger partial charge in [-0.3, -0.25) is 4.79 Å². The summed E-state index contributed by atoms with van der Waals surface area (Å²) in [6.45, 7) is 0. The van der Waals surface area contributed by atoms with E-state index in [4.69, 9.17) is 11.0 Å². The zero-order valence-corrected chi connectivity index (χ0v) is 7.55. The molecule has 0 aliphatic rings. The lowest BCUT2D eigenvalue weighted by Crippen LogP contribution is -2.19. The van der Waals surface area contributed by atoms with E-state index in [2.05, 4.69) is 0 Å². The highest BCUT2D eigenvalue weighted by Crippen LogP contribution is 2.15. The number of amides is 1. The lowest BCUT2D eigenvalue weighted by Gasteiger charge is -2.07. The molecule has 0 spiro atoms. The lowest BCUT2D eigenvalue weighted by atomic mass is 9.98. The number of benzene rings is 1. The van der Waals surface area contributed by atoms with E-state index in [1.807, 2.05) is 24.3 Å². The van der Waals surface area contributed by atoms with E-state index in [1.54, 1.807) is 12.1 Å². The van der Waals surface area contributed by atoms with Crippen LogP contribution in [0.2, 0.25) is 0 Å². The standard InChI is InChI=1S/C11H10N2O/c12-8-4-7-10(11(13)14)9-5-2-1-3-6-9/h1-7,10H,(H2,13,14)/b7-4+. The van der Waals surface area contributed by atoms with Gasteiger partial charge in [-0.2, -0.15) is 5.26 Å². The van der Waals surface area contributed by atoms with Gasteiger partial charge in [0.25, 0.3) is 0 Å². The first-order chi connectivity index (χ1) is 6.75. The van der Waals surface area contributed by atoms with Gasteiger partial charge in [0.1, 0.15) is 0 Å². The summed E-state index contributed by atoms with van der Waals surface area (Å²) < 4.78 is 0. The minimum atomic E-state index is -0.518. The van der Waals surface area contributed by atoms with Crippen LogP contribution in [0.3, 0.4) is 0 Å². The SMILES string of the molecule is N#C/C=C/C(C(N)=O)c1ccccc1. The monoisotopic (exact) mass is 186 g/mol. The Morgan fingerprint density at radius 2 is 2.07 bits per heavy atom. The van der Waals surface area contributed by atoms with Crippen LogP contribution in [0, 0.1) is 11.3 Å². The Hall–Kier alpha value is -2.08. The van der Waals surface area contributed by atoms with Crippen LogP contribution in [-0.2, 0) is 4.79 Å². The minimum Gasteiger partial charge on any atom is -0.369 e. The number of rotatable bonds is 3. The van der Waals surface area contributed by atoms with E-state index >= 15 is 0 Å². The zero-order valence-electron chi connectivity index (χ0n) is 7.55. The van der Waals surface area contributed by atoms with E-state index in [0.717, 1.165) is 5.56 Å². The second-order valence-corrected chi connectivity index (χ2v) is 2.78. The van der Waals surface area contributed by atoms with E-state index in [-0.39, 0.29) is 0 Å². The van der Waals surface area contributed by atoms with Crippen LogP contribution < -0.4 is 5.73 Å². The first-order valence-electron chi connectivity index (χ1n) is 4.16. The summed E-state index contributed by atoms with van der Waals surface area (Å²) in [5.41, 5.74) is 6.01. The van der Waals surface area contributed by atoms with Crippen LogP contribution in [-0.4, -0.2) is 5.91 Å². The van der Waals surface area contributed by atoms with Crippen molar-refractivity contribution in [1.82, 2.24) is 0 Å². The maximum absolute atomic E-state index is 11.1. The van der Waals surface area contributed by atoms with Gasteiger partial charge in [-0.15, -0.1) is 0 Å². The molecule has 0 bridgehead atoms. The summed E-state index contributed by atoms with van der Waals surface area (Å²) in [5, 5.41) is 8.35. The summed E-state index contributed by atoms with van der Waals surface area (Å²) in [5.74, 6) is -0.974. The number of carbonyl (C=O) groups is 1. The summed E-state index contributed by atoms with van der Waals surface area (Å²) in [7, 11) is 0. The maximum Gasteiger partial charge on any atom is 0.228 e. The highest BCUT2D eigenvalue weighted by molar-refractivity contribution is 5.84. The molecule has 0 saturated carbocycles. The maximum atomic E-state index is 11.1. The normalized spacial score (nSPS) is 12.2. The van der Waals surface area contributed by atoms with Crippen molar-refractivity contribution < 1.29 is 4.79 Å². The van der Waals surface area contributed by atoms with Crippen molar-refractivity contribution in [2.24, 2.45) is 5.73 Å². The first-order valence-corrected chi connectivity index (χ1v) is 4.16. The predicted octanol–water partition coefficient (Wildman–Crippen LogP) is 1.34. The number of nitrogens with zero attached hydrogens (tertiary/aromatic N) is 1. The number of hydrogen-bond acceptors (Lipinski definition) is 2. The first kappa shape index (κ1) is 10.0. The molecular weight excluding hydrogens is 176 g/mol. The summed E-state index contributed by atoms with van der Waals surface area (Å²) in [6, 6.07) is 10.9. The molecule has 14 heavy (non-hydrogen) atoms. The largest absolute Gasteiger partial charge is 0.369 e. The van der Waals surface area contributed by atoms with Gasteiger partial charge >= 0.3 is 0 Å². The van der Waals surface area contributed by atoms with Crippen molar-refractivity contribution in [2.45, 2.75) is 5.92 Å². The molecule has 1 atom stereocenters. The van der Waals surface area contributed by atoms with Crippen LogP contribution in [0.1, 0.15) is 11.5 Å². The third kappa shape index (κ3) is 2.46. The summed E-state index contributed by atoms with van der Waals surface area (Å²) in [4.78, 5) is 11.1. The Balaban J connectivity index is 2.96. The quantitative estimate of drug-likeness (QED) is 0.724. The lowest BCUT2D eigenvalue weighted by molar-refractivity contribution is -0.118. The molecule has 0 heterocycles. The molecule has 3 heteroatoms. The Morgan fingerprint density at radius 3 is 2.57 bits per heavy atom. The number of carbonyl (C=O) groups excluding carboxylic acids is 1. The Kier molecular flexibility index (Phi) is 3.45. The third-order valence-electron chi connectivity index (χ3n) is 1.83. The molecule has 2 N–H and O–H groups in total. The average molecular weight is 186 g/mol. The molecule has 1 unspecified atom stereocenters. The predicted molar refractivity (Wildman–Crippen MR) is 53.1 cm³/mol. The van der Waals surface area contributed by atoms with Gasteiger partial charge in [0.05, 0.1) is 12.0 Å². The van der Waals surface area contributed by atoms with Gasteiger partial charge in [-0.25, -0.2) is 0 Å². The second kappa shape index (κ2) is 4.83. The molecule has 70 valence electrons. The zero-order chi connectivity index (χ0) is 10.4. The minimum absolute atomic E-state index is 0.456. The van der Waals surface area contributed by atoms with Gasteiger partial charge in [-0.1, -0.05) is 36.4 Å². The van der Waals surface area contributed by atoms with Crippen LogP contribution in [0.15, 0.2) is 42.5 Å². The Bertz CT molecular complexity index is 376. The fraction of sp³-hybridized carbons (Fsp3) is 0.0909. The highest BCUT2D eigenvalue weighted by atomic mass is 16.1. The van der Waals surface area contributed by atoms with Gasteiger partial charge in [0.2, 0.25) is 5.91 Å². The molecule has 0 aliphatic heterocycles. The van der Waals surface area contributed by atoms with Gasteiger partial charge in [0, 0.05) is 6.08 Å². The molecule has 1 rings (SSSR count). The van der Waals surface area contributed by atoms with Crippen LogP contribution in [0.4, 0.5) is 0 Å². The summed E-state index contributed by atoms with van der Waals surface area (Å²) in [6.07, 6.45) is 2.76. The molecule has 0 fully saturated rings. The van der Waals surface area contributed by atoms with Crippen molar-refractivity contribution in [3.63, 3.8) is 0 Å². The number of allylic oxidation sites excluding steroid dienone is 1. The van der Waals surface area contributed by atoms with Crippen molar-refractivity contribution in [3.05, 3.63) is 48.0 Å². The average Bonchev–Trinajstić information content (AvgIpc) is 2.19.